The Morgan fingerprint density at radius 1 is 0.734 bits per heavy atom. The number of ether oxygens (including phenoxy) is 2. The molecule has 11 amide bonds. The van der Waals surface area contributed by atoms with Crippen molar-refractivity contribution in [1.29, 1.82) is 0 Å². The van der Waals surface area contributed by atoms with Crippen LogP contribution in [-0.2, 0) is 76.4 Å². The maximum Gasteiger partial charge on any atom is 0.461 e. The van der Waals surface area contributed by atoms with Crippen LogP contribution in [0, 0.1) is 17.3 Å². The molecule has 0 spiro atoms. The van der Waals surface area contributed by atoms with E-state index in [2.05, 4.69) is 31.4 Å². The number of carboxylic acids is 1. The zero-order valence-electron chi connectivity index (χ0n) is 55.2. The molecule has 0 radical (unpaired) electrons. The third-order valence-electron chi connectivity index (χ3n) is 19.7. The van der Waals surface area contributed by atoms with Gasteiger partial charge in [-0.1, -0.05) is 38.1 Å². The Hall–Kier alpha value is -8.08. The van der Waals surface area contributed by atoms with E-state index in [1.165, 1.54) is 27.9 Å². The van der Waals surface area contributed by atoms with Gasteiger partial charge in [0, 0.05) is 90.5 Å². The minimum atomic E-state index is -1.34. The van der Waals surface area contributed by atoms with Crippen molar-refractivity contribution in [3.63, 3.8) is 0 Å². The summed E-state index contributed by atoms with van der Waals surface area (Å²) in [5.41, 5.74) is 6.98. The molecule has 8 aliphatic rings. The number of carboxylic acid groups (broad SMARTS) is 1. The van der Waals surface area contributed by atoms with Gasteiger partial charge in [-0.2, -0.15) is 0 Å². The summed E-state index contributed by atoms with van der Waals surface area (Å²) in [6.07, 6.45) is 1.19. The van der Waals surface area contributed by atoms with Gasteiger partial charge in [0.1, 0.15) is 23.0 Å². The molecule has 30 heteroatoms. The number of hydrogen-bond donors (Lipinski definition) is 5. The summed E-state index contributed by atoms with van der Waals surface area (Å²) in [5.74, 6) is -8.83. The van der Waals surface area contributed by atoms with Gasteiger partial charge in [0.15, 0.2) is 11.6 Å². The van der Waals surface area contributed by atoms with Gasteiger partial charge in [-0.25, -0.2) is 19.2 Å². The first kappa shape index (κ1) is 71.8. The van der Waals surface area contributed by atoms with E-state index in [1.807, 2.05) is 6.07 Å². The van der Waals surface area contributed by atoms with Crippen LogP contribution in [-0.4, -0.2) is 232 Å². The summed E-state index contributed by atoms with van der Waals surface area (Å²) in [6, 6.07) is 5.62. The number of nitrogens with zero attached hydrogens (tertiary/aromatic N) is 6. The van der Waals surface area contributed by atoms with Crippen molar-refractivity contribution in [3.8, 4) is 5.75 Å². The van der Waals surface area contributed by atoms with Crippen molar-refractivity contribution in [1.82, 2.24) is 40.0 Å². The predicted octanol–water partition coefficient (Wildman–Crippen LogP) is 2.08. The second-order valence-corrected chi connectivity index (χ2v) is 26.8. The number of likely N-dealkylation sites (N-methyl/N-ethyl adjacent to an activating group) is 3. The Balaban J connectivity index is 0.000000242. The number of amides is 11. The largest absolute Gasteiger partial charge is 0.496 e. The fourth-order valence-corrected chi connectivity index (χ4v) is 14.2. The number of esters is 1. The van der Waals surface area contributed by atoms with Crippen molar-refractivity contribution in [2.45, 2.75) is 161 Å². The van der Waals surface area contributed by atoms with Gasteiger partial charge in [0.25, 0.3) is 6.92 Å². The van der Waals surface area contributed by atoms with Gasteiger partial charge in [0.05, 0.1) is 30.4 Å². The second kappa shape index (κ2) is 29.3. The number of Topliss-reactive ketones (excluding diaryl/α,β-unsaturated/α-hetero) is 2. The number of nitrogens with one attached hydrogen (secondary N) is 2. The minimum Gasteiger partial charge on any atom is -0.496 e. The van der Waals surface area contributed by atoms with Gasteiger partial charge in [-0.15, -0.1) is 0 Å². The van der Waals surface area contributed by atoms with E-state index in [0.717, 1.165) is 22.6 Å². The Kier molecular flexibility index (Phi) is 22.4. The first-order chi connectivity index (χ1) is 44.3. The number of aromatic carboxylic acids is 1. The zero-order valence-corrected chi connectivity index (χ0v) is 55.2. The van der Waals surface area contributed by atoms with Crippen LogP contribution in [0.25, 0.3) is 0 Å². The van der Waals surface area contributed by atoms with Crippen LogP contribution in [0.3, 0.4) is 0 Å². The number of nitrogens with two attached hydrogens (primary N) is 1. The number of urea groups is 2. The van der Waals surface area contributed by atoms with E-state index in [-0.39, 0.29) is 119 Å². The highest BCUT2D eigenvalue weighted by molar-refractivity contribution is 6.53. The van der Waals surface area contributed by atoms with Gasteiger partial charge >= 0.3 is 66.6 Å². The number of ketones is 2. The number of carbonyl (C=O) groups excluding carboxylic acids is 12. The highest BCUT2D eigenvalue weighted by Gasteiger charge is 2.68. The van der Waals surface area contributed by atoms with Gasteiger partial charge in [-0.3, -0.25) is 57.9 Å². The number of para-hydroxylation sites is 1. The number of benzene rings is 2. The first-order valence-electron chi connectivity index (χ1n) is 32.3. The molecule has 3 aliphatic carbocycles. The molecule has 2 bridgehead atoms. The number of methoxy groups -OCH3 is 1. The smallest absolute Gasteiger partial charge is 0.461 e. The number of imide groups is 3. The normalized spacial score (nSPS) is 23.5. The molecule has 1 unspecified atom stereocenters. The monoisotopic (exact) mass is 1310 g/mol. The minimum absolute atomic E-state index is 0.00344. The molecule has 3 saturated carbocycles. The van der Waals surface area contributed by atoms with Crippen molar-refractivity contribution in [2.24, 2.45) is 23.0 Å². The Morgan fingerprint density at radius 2 is 1.28 bits per heavy atom. The van der Waals surface area contributed by atoms with E-state index < -0.39 is 127 Å². The summed E-state index contributed by atoms with van der Waals surface area (Å²) < 4.78 is 24.8. The summed E-state index contributed by atoms with van der Waals surface area (Å²) >= 11 is 0. The fraction of sp³-hybridized carbons (Fsp3) is 0.609. The number of fused-ring (bicyclic) bond motifs is 1. The molecule has 0 aromatic heterocycles. The summed E-state index contributed by atoms with van der Waals surface area (Å²) in [4.78, 5) is 173. The maximum atomic E-state index is 14.0. The topological polar surface area (TPSA) is 369 Å². The molecule has 10 rings (SSSR count). The third kappa shape index (κ3) is 15.0. The Morgan fingerprint density at radius 3 is 1.81 bits per heavy atom. The van der Waals surface area contributed by atoms with Crippen LogP contribution in [0.4, 0.5) is 9.59 Å². The Bertz CT molecular complexity index is 3360. The summed E-state index contributed by atoms with van der Waals surface area (Å²) in [7, 11) is 0.714. The standard InChI is InChI=1S/C35H51BN4O9.C29H36BN5O10/c1-9-39-13-14-40(30(43)29(39)42)32(45)38-24(19-37)25(41)18-22(36-48-27-17-21-16-26(34(21,5)6)35(27,7)49-36)15-20-11-10-12-23(28(20)46-8)31(44)47-33(2,3)4;1-3-32-10-12-34(26(40)24(32)38)23(37)9-8-21(31-29(44)35-13-11-33(4-2)25(39)27(35)41)22(36)15-18-14-17-6-5-7-19(28(42)43)20(17)16-30(18)45/h10-12,21-22,24,26-27H,9,13-19,37H2,1-8H3,(H,38,45);5-7,18,21,45H,3-4,8-16H2,1-2H3,(H,31,44)(H,42,43)/t21-,22+,24+,26-,27+,35-;18-,21?/m01/s1. The van der Waals surface area contributed by atoms with Crippen molar-refractivity contribution >= 4 is 91.0 Å². The third-order valence-corrected chi connectivity index (χ3v) is 19.7. The fourth-order valence-electron chi connectivity index (χ4n) is 14.2. The number of carbonyl (C=O) groups is 13. The van der Waals surface area contributed by atoms with Crippen LogP contribution in [0.15, 0.2) is 36.4 Å². The second-order valence-electron chi connectivity index (χ2n) is 26.8. The lowest BCUT2D eigenvalue weighted by atomic mass is 9.43. The molecule has 94 heavy (non-hydrogen) atoms. The number of hydrogen-bond acceptors (Lipinski definition) is 19. The lowest BCUT2D eigenvalue weighted by Gasteiger charge is -2.64. The highest BCUT2D eigenvalue weighted by Crippen LogP contribution is 2.66. The van der Waals surface area contributed by atoms with Gasteiger partial charge < -0.3 is 60.0 Å². The predicted molar refractivity (Wildman–Crippen MR) is 337 cm³/mol. The molecule has 508 valence electrons. The molecule has 8 atom stereocenters. The molecule has 2 aromatic carbocycles. The van der Waals surface area contributed by atoms with Crippen LogP contribution in [0.1, 0.15) is 138 Å². The Labute approximate surface area is 546 Å². The zero-order chi connectivity index (χ0) is 69.1. The first-order valence-corrected chi connectivity index (χ1v) is 32.3. The molecule has 2 aromatic rings. The molecule has 28 nitrogen and oxygen atoms in total. The van der Waals surface area contributed by atoms with E-state index >= 15 is 0 Å². The van der Waals surface area contributed by atoms with Crippen LogP contribution in [0.5, 0.6) is 5.75 Å². The summed E-state index contributed by atoms with van der Waals surface area (Å²) in [6.45, 7) is 17.1. The molecule has 5 aliphatic heterocycles. The molecule has 6 N–H and O–H groups in total. The van der Waals surface area contributed by atoms with Crippen LogP contribution in [0.2, 0.25) is 11.6 Å². The molecule has 5 heterocycles. The van der Waals surface area contributed by atoms with Crippen molar-refractivity contribution in [3.05, 3.63) is 64.2 Å². The molecule has 4 saturated heterocycles. The SMILES string of the molecule is CCN1CCN(C(=O)CCC(NC(=O)N2CCN(CC)C(=O)C2=O)C(=O)C[C@H]2Cc3cccc(C(=O)O)c3CB2O)C(=O)C1=O.CCN1CCN(C(=O)N[C@H](CN)C(=O)C[C@@H](Cc2cccc(C(=O)OC(C)(C)C)c2OC)B2O[C@@H]3C[C@@H]4C[C@@H](C4(C)C)[C@]3(C)O2)C(=O)C1=O. The van der Waals surface area contributed by atoms with Crippen molar-refractivity contribution < 1.29 is 91.2 Å². The molecular weight excluding hydrogens is 1220 g/mol. The lowest BCUT2D eigenvalue weighted by molar-refractivity contribution is -0.199. The van der Waals surface area contributed by atoms with Crippen LogP contribution >= 0.6 is 0 Å². The van der Waals surface area contributed by atoms with Gasteiger partial charge in [0.2, 0.25) is 5.91 Å². The summed E-state index contributed by atoms with van der Waals surface area (Å²) in [5, 5.41) is 25.4. The van der Waals surface area contributed by atoms with E-state index in [4.69, 9.17) is 24.5 Å². The van der Waals surface area contributed by atoms with Crippen LogP contribution < -0.4 is 21.1 Å². The lowest BCUT2D eigenvalue weighted by Crippen LogP contribution is -2.65. The average molecular weight is 1310 g/mol. The molecular formula is C64H87B2N9O19. The van der Waals surface area contributed by atoms with E-state index in [1.54, 1.807) is 65.8 Å². The number of rotatable bonds is 21. The molecule has 7 fully saturated rings. The van der Waals surface area contributed by atoms with Crippen molar-refractivity contribution in [2.75, 3.05) is 72.6 Å². The van der Waals surface area contributed by atoms with Gasteiger partial charge in [-0.05, 0) is 139 Å². The maximum absolute atomic E-state index is 14.0. The average Bonchev–Trinajstić information content (AvgIpc) is 1.36. The number of piperazine rings is 3. The van der Waals surface area contributed by atoms with E-state index in [9.17, 15) is 72.5 Å². The van der Waals surface area contributed by atoms with E-state index in [0.29, 0.717) is 52.3 Å². The highest BCUT2D eigenvalue weighted by atomic mass is 16.7. The quantitative estimate of drug-likeness (QED) is 0.0678.